The molecule has 0 fully saturated rings. The fraction of sp³-hybridized carbons (Fsp3) is 0. The molecule has 0 aliphatic heterocycles. The summed E-state index contributed by atoms with van der Waals surface area (Å²) in [5.41, 5.74) is 6.73. The van der Waals surface area contributed by atoms with Crippen LogP contribution in [-0.4, -0.2) is 9.97 Å². The summed E-state index contributed by atoms with van der Waals surface area (Å²) in [6, 6.07) is 55.0. The van der Waals surface area contributed by atoms with Gasteiger partial charge in [0.05, 0.1) is 11.4 Å². The Morgan fingerprint density at radius 1 is 0.378 bits per heavy atom. The van der Waals surface area contributed by atoms with Crippen LogP contribution in [0.1, 0.15) is 0 Å². The maximum Gasteiger partial charge on any atom is 0.160 e. The van der Waals surface area contributed by atoms with Gasteiger partial charge in [0, 0.05) is 27.6 Å². The summed E-state index contributed by atoms with van der Waals surface area (Å²) in [4.78, 5) is 10.4. The normalized spacial score (nSPS) is 11.6. The predicted octanol–water partition coefficient (Wildman–Crippen LogP) is 11.4. The van der Waals surface area contributed by atoms with Crippen molar-refractivity contribution in [3.8, 4) is 45.2 Å². The lowest BCUT2D eigenvalue weighted by Crippen LogP contribution is -1.97. The lowest BCUT2D eigenvalue weighted by molar-refractivity contribution is 0.631. The van der Waals surface area contributed by atoms with Crippen LogP contribution in [0, 0.1) is 0 Å². The maximum absolute atomic E-state index is 6.23. The molecule has 0 amide bonds. The molecule has 3 nitrogen and oxygen atoms in total. The number of benzene rings is 7. The highest BCUT2D eigenvalue weighted by Gasteiger charge is 2.17. The minimum Gasteiger partial charge on any atom is -0.456 e. The van der Waals surface area contributed by atoms with E-state index in [1.807, 2.05) is 36.4 Å². The standard InChI is InChI=1S/C42H26N2O/c1-2-12-28(13-3-1)42-43-37(30-16-10-17-31(23-30)40-25-32-15-6-9-20-39(32)45-40)26-38(44-42)41-34-19-8-5-14-29(34)24-36-33-18-7-4-11-27(33)21-22-35(36)41/h1-26H. The summed E-state index contributed by atoms with van der Waals surface area (Å²) in [6.45, 7) is 0. The van der Waals surface area contributed by atoms with Gasteiger partial charge in [-0.05, 0) is 62.6 Å². The highest BCUT2D eigenvalue weighted by Crippen LogP contribution is 2.40. The van der Waals surface area contributed by atoms with Crippen LogP contribution in [0.25, 0.3) is 88.5 Å². The van der Waals surface area contributed by atoms with E-state index >= 15 is 0 Å². The number of fused-ring (bicyclic) bond motifs is 5. The Hall–Kier alpha value is -6.06. The van der Waals surface area contributed by atoms with Gasteiger partial charge in [0.1, 0.15) is 11.3 Å². The zero-order valence-corrected chi connectivity index (χ0v) is 24.3. The summed E-state index contributed by atoms with van der Waals surface area (Å²) in [6.07, 6.45) is 0. The molecule has 9 aromatic rings. The molecule has 0 spiro atoms. The van der Waals surface area contributed by atoms with Gasteiger partial charge in [-0.25, -0.2) is 9.97 Å². The van der Waals surface area contributed by atoms with Crippen molar-refractivity contribution in [1.29, 1.82) is 0 Å². The number of furan rings is 1. The van der Waals surface area contributed by atoms with E-state index in [0.29, 0.717) is 5.82 Å². The maximum atomic E-state index is 6.23. The molecule has 0 N–H and O–H groups in total. The van der Waals surface area contributed by atoms with Gasteiger partial charge in [-0.3, -0.25) is 0 Å². The summed E-state index contributed by atoms with van der Waals surface area (Å²) < 4.78 is 6.23. The molecule has 0 saturated heterocycles. The average Bonchev–Trinajstić information content (AvgIpc) is 3.55. The first-order chi connectivity index (χ1) is 22.3. The zero-order valence-electron chi connectivity index (χ0n) is 24.3. The third-order valence-corrected chi connectivity index (χ3v) is 8.65. The zero-order chi connectivity index (χ0) is 29.7. The van der Waals surface area contributed by atoms with Crippen molar-refractivity contribution < 1.29 is 4.42 Å². The number of para-hydroxylation sites is 1. The van der Waals surface area contributed by atoms with Crippen LogP contribution in [-0.2, 0) is 0 Å². The smallest absolute Gasteiger partial charge is 0.160 e. The predicted molar refractivity (Wildman–Crippen MR) is 186 cm³/mol. The Balaban J connectivity index is 1.31. The Morgan fingerprint density at radius 3 is 1.93 bits per heavy atom. The Labute approximate surface area is 260 Å². The molecule has 0 atom stereocenters. The number of aromatic nitrogens is 2. The molecule has 0 radical (unpaired) electrons. The molecule has 0 aliphatic rings. The molecule has 45 heavy (non-hydrogen) atoms. The Morgan fingerprint density at radius 2 is 1.07 bits per heavy atom. The van der Waals surface area contributed by atoms with Gasteiger partial charge in [-0.2, -0.15) is 0 Å². The molecule has 210 valence electrons. The van der Waals surface area contributed by atoms with Crippen LogP contribution in [0.2, 0.25) is 0 Å². The van der Waals surface area contributed by atoms with Gasteiger partial charge >= 0.3 is 0 Å². The molecule has 2 heterocycles. The summed E-state index contributed by atoms with van der Waals surface area (Å²) in [7, 11) is 0. The second kappa shape index (κ2) is 10.3. The Bertz CT molecular complexity index is 2510. The van der Waals surface area contributed by atoms with E-state index < -0.39 is 0 Å². The van der Waals surface area contributed by atoms with Crippen LogP contribution in [0.5, 0.6) is 0 Å². The topological polar surface area (TPSA) is 38.9 Å². The van der Waals surface area contributed by atoms with Gasteiger partial charge < -0.3 is 4.42 Å². The van der Waals surface area contributed by atoms with E-state index in [0.717, 1.165) is 50.4 Å². The molecule has 0 bridgehead atoms. The van der Waals surface area contributed by atoms with Crippen molar-refractivity contribution in [2.45, 2.75) is 0 Å². The summed E-state index contributed by atoms with van der Waals surface area (Å²) >= 11 is 0. The van der Waals surface area contributed by atoms with Crippen LogP contribution in [0.4, 0.5) is 0 Å². The summed E-state index contributed by atoms with van der Waals surface area (Å²) in [5, 5.41) is 8.29. The third kappa shape index (κ3) is 4.37. The van der Waals surface area contributed by atoms with E-state index in [-0.39, 0.29) is 0 Å². The molecule has 3 heteroatoms. The lowest BCUT2D eigenvalue weighted by Gasteiger charge is -2.15. The van der Waals surface area contributed by atoms with Gasteiger partial charge in [0.2, 0.25) is 0 Å². The van der Waals surface area contributed by atoms with Gasteiger partial charge in [-0.1, -0.05) is 127 Å². The van der Waals surface area contributed by atoms with E-state index in [4.69, 9.17) is 14.4 Å². The highest BCUT2D eigenvalue weighted by molar-refractivity contribution is 6.19. The summed E-state index contributed by atoms with van der Waals surface area (Å²) in [5.74, 6) is 1.53. The molecular weight excluding hydrogens is 548 g/mol. The Kier molecular flexibility index (Phi) is 5.82. The first-order valence-corrected chi connectivity index (χ1v) is 15.2. The van der Waals surface area contributed by atoms with Crippen LogP contribution in [0.3, 0.4) is 0 Å². The molecular formula is C42H26N2O. The SMILES string of the molecule is c1ccc(-c2nc(-c3cccc(-c4cc5ccccc5o4)c3)cc(-c3c4ccccc4cc4c3ccc3ccccc34)n2)cc1. The minimum atomic E-state index is 0.694. The number of hydrogen-bond acceptors (Lipinski definition) is 3. The lowest BCUT2D eigenvalue weighted by atomic mass is 9.91. The highest BCUT2D eigenvalue weighted by atomic mass is 16.3. The fourth-order valence-electron chi connectivity index (χ4n) is 6.49. The van der Waals surface area contributed by atoms with Crippen molar-refractivity contribution in [2.75, 3.05) is 0 Å². The minimum absolute atomic E-state index is 0.694. The van der Waals surface area contributed by atoms with Crippen molar-refractivity contribution in [3.63, 3.8) is 0 Å². The van der Waals surface area contributed by atoms with Crippen molar-refractivity contribution in [2.24, 2.45) is 0 Å². The quantitative estimate of drug-likeness (QED) is 0.155. The second-order valence-corrected chi connectivity index (χ2v) is 11.4. The van der Waals surface area contributed by atoms with E-state index in [1.165, 1.54) is 32.3 Å². The number of rotatable bonds is 4. The monoisotopic (exact) mass is 574 g/mol. The number of hydrogen-bond donors (Lipinski definition) is 0. The molecule has 0 unspecified atom stereocenters. The first kappa shape index (κ1) is 25.4. The van der Waals surface area contributed by atoms with E-state index in [2.05, 4.69) is 121 Å². The van der Waals surface area contributed by atoms with Crippen LogP contribution < -0.4 is 0 Å². The second-order valence-electron chi connectivity index (χ2n) is 11.4. The molecule has 9 rings (SSSR count). The van der Waals surface area contributed by atoms with Gasteiger partial charge in [0.15, 0.2) is 5.82 Å². The molecule has 2 aromatic heterocycles. The fourth-order valence-corrected chi connectivity index (χ4v) is 6.49. The van der Waals surface area contributed by atoms with Crippen molar-refractivity contribution >= 4 is 43.3 Å². The van der Waals surface area contributed by atoms with Gasteiger partial charge in [0.25, 0.3) is 0 Å². The first-order valence-electron chi connectivity index (χ1n) is 15.2. The van der Waals surface area contributed by atoms with Gasteiger partial charge in [-0.15, -0.1) is 0 Å². The van der Waals surface area contributed by atoms with Crippen LogP contribution in [0.15, 0.2) is 162 Å². The largest absolute Gasteiger partial charge is 0.456 e. The van der Waals surface area contributed by atoms with E-state index in [1.54, 1.807) is 0 Å². The van der Waals surface area contributed by atoms with Crippen LogP contribution >= 0.6 is 0 Å². The average molecular weight is 575 g/mol. The molecule has 0 aliphatic carbocycles. The number of nitrogens with zero attached hydrogens (tertiary/aromatic N) is 2. The van der Waals surface area contributed by atoms with Crippen molar-refractivity contribution in [3.05, 3.63) is 158 Å². The third-order valence-electron chi connectivity index (χ3n) is 8.65. The van der Waals surface area contributed by atoms with E-state index in [9.17, 15) is 0 Å². The molecule has 7 aromatic carbocycles. The molecule has 0 saturated carbocycles. The van der Waals surface area contributed by atoms with Crippen molar-refractivity contribution in [1.82, 2.24) is 9.97 Å².